The van der Waals surface area contributed by atoms with Crippen molar-refractivity contribution in [3.8, 4) is 0 Å². The number of amides is 2. The third-order valence-electron chi connectivity index (χ3n) is 3.38. The van der Waals surface area contributed by atoms with Crippen LogP contribution in [0.1, 0.15) is 47.0 Å². The van der Waals surface area contributed by atoms with Crippen molar-refractivity contribution in [3.05, 3.63) is 0 Å². The highest BCUT2D eigenvalue weighted by Crippen LogP contribution is 2.14. The predicted molar refractivity (Wildman–Crippen MR) is 101 cm³/mol. The van der Waals surface area contributed by atoms with Crippen LogP contribution in [-0.2, 0) is 9.47 Å². The molecule has 0 bridgehead atoms. The van der Waals surface area contributed by atoms with Gasteiger partial charge in [0.25, 0.3) is 0 Å². The summed E-state index contributed by atoms with van der Waals surface area (Å²) in [7, 11) is 3.27. The molecular formula is C17H32Cl2N2O4. The van der Waals surface area contributed by atoms with Crippen LogP contribution in [0.4, 0.5) is 9.59 Å². The van der Waals surface area contributed by atoms with Crippen molar-refractivity contribution in [1.82, 2.24) is 9.80 Å². The monoisotopic (exact) mass is 398 g/mol. The third-order valence-corrected chi connectivity index (χ3v) is 3.92. The van der Waals surface area contributed by atoms with E-state index < -0.39 is 23.3 Å². The SMILES string of the molecule is CC(C)CC(Cl)OC(=O)N(C)CCCN(C)C(=O)OC(Cl)CC(C)C. The highest BCUT2D eigenvalue weighted by molar-refractivity contribution is 6.20. The van der Waals surface area contributed by atoms with Gasteiger partial charge in [-0.2, -0.15) is 0 Å². The molecule has 0 aliphatic carbocycles. The molecule has 0 rings (SSSR count). The fourth-order valence-corrected chi connectivity index (χ4v) is 2.83. The summed E-state index contributed by atoms with van der Waals surface area (Å²) in [6.45, 7) is 8.92. The van der Waals surface area contributed by atoms with Crippen LogP contribution in [0, 0.1) is 11.8 Å². The first-order valence-electron chi connectivity index (χ1n) is 8.64. The number of hydrogen-bond donors (Lipinski definition) is 0. The maximum Gasteiger partial charge on any atom is 0.410 e. The van der Waals surface area contributed by atoms with Crippen LogP contribution in [0.25, 0.3) is 0 Å². The normalized spacial score (nSPS) is 13.5. The molecule has 0 fully saturated rings. The molecule has 0 heterocycles. The molecule has 0 saturated heterocycles. The largest absolute Gasteiger partial charge is 0.430 e. The number of carbonyl (C=O) groups excluding carboxylic acids is 2. The van der Waals surface area contributed by atoms with Crippen molar-refractivity contribution in [2.45, 2.75) is 58.1 Å². The summed E-state index contributed by atoms with van der Waals surface area (Å²) in [6, 6.07) is 0. The summed E-state index contributed by atoms with van der Waals surface area (Å²) < 4.78 is 10.3. The molecular weight excluding hydrogens is 367 g/mol. The molecule has 2 atom stereocenters. The first kappa shape index (κ1) is 24.1. The lowest BCUT2D eigenvalue weighted by molar-refractivity contribution is 0.0854. The molecule has 0 aliphatic rings. The number of rotatable bonds is 10. The van der Waals surface area contributed by atoms with Crippen LogP contribution >= 0.6 is 23.2 Å². The van der Waals surface area contributed by atoms with Crippen molar-refractivity contribution in [2.24, 2.45) is 11.8 Å². The lowest BCUT2D eigenvalue weighted by atomic mass is 10.1. The van der Waals surface area contributed by atoms with E-state index in [9.17, 15) is 9.59 Å². The van der Waals surface area contributed by atoms with Crippen molar-refractivity contribution < 1.29 is 19.1 Å². The minimum atomic E-state index is -0.630. The number of ether oxygens (including phenoxy) is 2. The van der Waals surface area contributed by atoms with E-state index in [2.05, 4.69) is 0 Å². The number of alkyl halides is 2. The standard InChI is InChI=1S/C17H32Cl2N2O4/c1-12(2)10-14(18)24-16(22)20(5)8-7-9-21(6)17(23)25-15(19)11-13(3)4/h12-15H,7-11H2,1-6H3. The van der Waals surface area contributed by atoms with Gasteiger partial charge in [-0.3, -0.25) is 0 Å². The van der Waals surface area contributed by atoms with Gasteiger partial charge in [0.15, 0.2) is 11.1 Å². The Morgan fingerprint density at radius 1 is 0.800 bits per heavy atom. The molecule has 0 saturated carbocycles. The van der Waals surface area contributed by atoms with E-state index in [1.54, 1.807) is 14.1 Å². The Kier molecular flexibility index (Phi) is 12.0. The van der Waals surface area contributed by atoms with Gasteiger partial charge < -0.3 is 19.3 Å². The second-order valence-electron chi connectivity index (χ2n) is 7.04. The first-order chi connectivity index (χ1) is 11.5. The predicted octanol–water partition coefficient (Wildman–Crippen LogP) is 4.74. The molecule has 148 valence electrons. The summed E-state index contributed by atoms with van der Waals surface area (Å²) >= 11 is 11.9. The summed E-state index contributed by atoms with van der Waals surface area (Å²) in [4.78, 5) is 26.7. The molecule has 0 aliphatic heterocycles. The Labute approximate surface area is 161 Å². The quantitative estimate of drug-likeness (QED) is 0.498. The van der Waals surface area contributed by atoms with Gasteiger partial charge in [0.2, 0.25) is 0 Å². The third kappa shape index (κ3) is 12.2. The van der Waals surface area contributed by atoms with E-state index in [1.807, 2.05) is 27.7 Å². The van der Waals surface area contributed by atoms with E-state index >= 15 is 0 Å². The van der Waals surface area contributed by atoms with Crippen molar-refractivity contribution in [2.75, 3.05) is 27.2 Å². The molecule has 2 amide bonds. The number of nitrogens with zero attached hydrogens (tertiary/aromatic N) is 2. The molecule has 0 N–H and O–H groups in total. The molecule has 0 spiro atoms. The van der Waals surface area contributed by atoms with E-state index in [4.69, 9.17) is 32.7 Å². The van der Waals surface area contributed by atoms with Gasteiger partial charge in [-0.1, -0.05) is 50.9 Å². The summed E-state index contributed by atoms with van der Waals surface area (Å²) in [5.74, 6) is 0.698. The van der Waals surface area contributed by atoms with Gasteiger partial charge in [-0.15, -0.1) is 0 Å². The molecule has 0 aromatic heterocycles. The molecule has 2 unspecified atom stereocenters. The van der Waals surface area contributed by atoms with Gasteiger partial charge in [0, 0.05) is 40.0 Å². The van der Waals surface area contributed by atoms with E-state index in [-0.39, 0.29) is 0 Å². The van der Waals surface area contributed by atoms with Gasteiger partial charge in [-0.25, -0.2) is 9.59 Å². The molecule has 25 heavy (non-hydrogen) atoms. The van der Waals surface area contributed by atoms with Crippen LogP contribution in [0.5, 0.6) is 0 Å². The maximum atomic E-state index is 11.9. The molecule has 0 radical (unpaired) electrons. The Balaban J connectivity index is 4.07. The van der Waals surface area contributed by atoms with E-state index in [1.165, 1.54) is 9.80 Å². The van der Waals surface area contributed by atoms with Crippen LogP contribution in [0.3, 0.4) is 0 Å². The average molecular weight is 399 g/mol. The zero-order valence-corrected chi connectivity index (χ0v) is 17.6. The van der Waals surface area contributed by atoms with E-state index in [0.717, 1.165) is 0 Å². The Morgan fingerprint density at radius 3 is 1.40 bits per heavy atom. The zero-order valence-electron chi connectivity index (χ0n) is 16.1. The second-order valence-corrected chi connectivity index (χ2v) is 8.02. The average Bonchev–Trinajstić information content (AvgIpc) is 2.44. The van der Waals surface area contributed by atoms with Crippen LogP contribution in [0.2, 0.25) is 0 Å². The topological polar surface area (TPSA) is 59.1 Å². The Bertz CT molecular complexity index is 372. The van der Waals surface area contributed by atoms with Gasteiger partial charge in [0.05, 0.1) is 0 Å². The first-order valence-corrected chi connectivity index (χ1v) is 9.51. The van der Waals surface area contributed by atoms with Crippen LogP contribution in [-0.4, -0.2) is 60.3 Å². The second kappa shape index (κ2) is 12.5. The Hall–Kier alpha value is -0.880. The highest BCUT2D eigenvalue weighted by atomic mass is 35.5. The van der Waals surface area contributed by atoms with Crippen LogP contribution < -0.4 is 0 Å². The van der Waals surface area contributed by atoms with Crippen molar-refractivity contribution in [3.63, 3.8) is 0 Å². The number of halogens is 2. The zero-order chi connectivity index (χ0) is 19.6. The molecule has 8 heteroatoms. The van der Waals surface area contributed by atoms with Crippen molar-refractivity contribution in [1.29, 1.82) is 0 Å². The number of carbonyl (C=O) groups is 2. The molecule has 0 aromatic carbocycles. The minimum absolute atomic E-state index is 0.349. The van der Waals surface area contributed by atoms with E-state index in [0.29, 0.717) is 44.2 Å². The fraction of sp³-hybridized carbons (Fsp3) is 0.882. The fourth-order valence-electron chi connectivity index (χ4n) is 1.96. The van der Waals surface area contributed by atoms with Gasteiger partial charge in [-0.05, 0) is 18.3 Å². The lowest BCUT2D eigenvalue weighted by Gasteiger charge is -2.23. The van der Waals surface area contributed by atoms with Crippen molar-refractivity contribution >= 4 is 35.4 Å². The van der Waals surface area contributed by atoms with Gasteiger partial charge >= 0.3 is 12.2 Å². The maximum absolute atomic E-state index is 11.9. The molecule has 6 nitrogen and oxygen atoms in total. The Morgan fingerprint density at radius 2 is 1.12 bits per heavy atom. The molecule has 0 aromatic rings. The smallest absolute Gasteiger partial charge is 0.410 e. The summed E-state index contributed by atoms with van der Waals surface area (Å²) in [5.41, 5.74) is -1.26. The lowest BCUT2D eigenvalue weighted by Crippen LogP contribution is -2.35. The van der Waals surface area contributed by atoms with Gasteiger partial charge in [0.1, 0.15) is 0 Å². The summed E-state index contributed by atoms with van der Waals surface area (Å²) in [5, 5.41) is 0. The van der Waals surface area contributed by atoms with Crippen LogP contribution in [0.15, 0.2) is 0 Å². The minimum Gasteiger partial charge on any atom is -0.430 e. The highest BCUT2D eigenvalue weighted by Gasteiger charge is 2.19. The summed E-state index contributed by atoms with van der Waals surface area (Å²) in [6.07, 6.45) is 0.857. The number of hydrogen-bond acceptors (Lipinski definition) is 4.